The van der Waals surface area contributed by atoms with Crippen molar-refractivity contribution < 1.29 is 0 Å². The molecule has 19 heavy (non-hydrogen) atoms. The Bertz CT molecular complexity index is 596. The second-order valence-electron chi connectivity index (χ2n) is 4.86. The van der Waals surface area contributed by atoms with Gasteiger partial charge in [-0.2, -0.15) is 0 Å². The predicted molar refractivity (Wildman–Crippen MR) is 77.8 cm³/mol. The Balaban J connectivity index is 2.17. The monoisotopic (exact) mass is 254 g/mol. The van der Waals surface area contributed by atoms with Crippen LogP contribution in [0.15, 0.2) is 36.7 Å². The highest BCUT2D eigenvalue weighted by atomic mass is 15.5. The first kappa shape index (κ1) is 12.0. The molecule has 1 aliphatic rings. The minimum absolute atomic E-state index is 0.276. The maximum absolute atomic E-state index is 4.53. The summed E-state index contributed by atoms with van der Waals surface area (Å²) < 4.78 is 0. The van der Waals surface area contributed by atoms with Gasteiger partial charge in [0.2, 0.25) is 0 Å². The Labute approximate surface area is 113 Å². The van der Waals surface area contributed by atoms with Crippen molar-refractivity contribution in [3.05, 3.63) is 42.2 Å². The molecule has 98 valence electrons. The van der Waals surface area contributed by atoms with Crippen LogP contribution in [-0.2, 0) is 0 Å². The summed E-state index contributed by atoms with van der Waals surface area (Å²) >= 11 is 0. The van der Waals surface area contributed by atoms with E-state index in [-0.39, 0.29) is 6.17 Å². The Kier molecular flexibility index (Phi) is 2.85. The summed E-state index contributed by atoms with van der Waals surface area (Å²) in [5.41, 5.74) is 2.47. The number of benzene rings is 1. The average molecular weight is 254 g/mol. The highest BCUT2D eigenvalue weighted by Gasteiger charge is 2.36. The number of anilines is 3. The van der Waals surface area contributed by atoms with Crippen molar-refractivity contribution in [3.63, 3.8) is 0 Å². The highest BCUT2D eigenvalue weighted by Crippen LogP contribution is 2.41. The Morgan fingerprint density at radius 3 is 2.47 bits per heavy atom. The van der Waals surface area contributed by atoms with E-state index in [2.05, 4.69) is 64.9 Å². The maximum Gasteiger partial charge on any atom is 0.178 e. The largest absolute Gasteiger partial charge is 0.336 e. The van der Waals surface area contributed by atoms with Crippen LogP contribution in [0.2, 0.25) is 0 Å². The molecule has 1 aromatic carbocycles. The molecular weight excluding hydrogens is 236 g/mol. The zero-order valence-corrected chi connectivity index (χ0v) is 11.5. The molecule has 1 aromatic heterocycles. The summed E-state index contributed by atoms with van der Waals surface area (Å²) in [6, 6.07) is 8.42. The van der Waals surface area contributed by atoms with E-state index in [9.17, 15) is 0 Å². The number of rotatable bonds is 2. The summed E-state index contributed by atoms with van der Waals surface area (Å²) in [6.07, 6.45) is 4.81. The SMILES string of the molecule is CCC1N(C)c2nccnc2N1c1ccccc1C. The van der Waals surface area contributed by atoms with Gasteiger partial charge in [0.15, 0.2) is 11.6 Å². The lowest BCUT2D eigenvalue weighted by molar-refractivity contribution is 0.641. The van der Waals surface area contributed by atoms with Gasteiger partial charge < -0.3 is 9.80 Å². The topological polar surface area (TPSA) is 32.3 Å². The van der Waals surface area contributed by atoms with Gasteiger partial charge in [-0.3, -0.25) is 0 Å². The minimum Gasteiger partial charge on any atom is -0.336 e. The Morgan fingerprint density at radius 1 is 1.11 bits per heavy atom. The van der Waals surface area contributed by atoms with E-state index in [0.29, 0.717) is 0 Å². The fourth-order valence-electron chi connectivity index (χ4n) is 2.76. The number of fused-ring (bicyclic) bond motifs is 1. The van der Waals surface area contributed by atoms with Crippen molar-refractivity contribution in [1.29, 1.82) is 0 Å². The molecule has 0 radical (unpaired) electrons. The lowest BCUT2D eigenvalue weighted by atomic mass is 10.1. The van der Waals surface area contributed by atoms with Gasteiger partial charge in [-0.05, 0) is 25.0 Å². The second-order valence-corrected chi connectivity index (χ2v) is 4.86. The zero-order valence-electron chi connectivity index (χ0n) is 11.5. The molecule has 0 bridgehead atoms. The van der Waals surface area contributed by atoms with Gasteiger partial charge in [0.25, 0.3) is 0 Å². The van der Waals surface area contributed by atoms with Crippen LogP contribution in [-0.4, -0.2) is 23.2 Å². The van der Waals surface area contributed by atoms with E-state index in [1.165, 1.54) is 11.3 Å². The maximum atomic E-state index is 4.53. The normalized spacial score (nSPS) is 17.7. The van der Waals surface area contributed by atoms with Crippen LogP contribution in [0.1, 0.15) is 18.9 Å². The fraction of sp³-hybridized carbons (Fsp3) is 0.333. The summed E-state index contributed by atoms with van der Waals surface area (Å²) in [5.74, 6) is 1.91. The number of hydrogen-bond donors (Lipinski definition) is 0. The van der Waals surface area contributed by atoms with Gasteiger partial charge >= 0.3 is 0 Å². The Morgan fingerprint density at radius 2 is 1.79 bits per heavy atom. The molecule has 4 heteroatoms. The molecule has 2 aromatic rings. The molecule has 4 nitrogen and oxygen atoms in total. The number of aryl methyl sites for hydroxylation is 1. The molecule has 1 unspecified atom stereocenters. The smallest absolute Gasteiger partial charge is 0.178 e. The van der Waals surface area contributed by atoms with Crippen LogP contribution in [0.25, 0.3) is 0 Å². The molecular formula is C15H18N4. The molecule has 2 heterocycles. The van der Waals surface area contributed by atoms with E-state index in [0.717, 1.165) is 18.1 Å². The number of hydrogen-bond acceptors (Lipinski definition) is 4. The molecule has 0 saturated carbocycles. The van der Waals surface area contributed by atoms with E-state index in [1.54, 1.807) is 12.4 Å². The van der Waals surface area contributed by atoms with Crippen molar-refractivity contribution in [2.75, 3.05) is 16.8 Å². The van der Waals surface area contributed by atoms with Crippen LogP contribution in [0.5, 0.6) is 0 Å². The molecule has 0 aliphatic carbocycles. The van der Waals surface area contributed by atoms with E-state index in [1.807, 2.05) is 0 Å². The average Bonchev–Trinajstić information content (AvgIpc) is 2.72. The number of para-hydroxylation sites is 1. The lowest BCUT2D eigenvalue weighted by Crippen LogP contribution is -2.38. The van der Waals surface area contributed by atoms with E-state index in [4.69, 9.17) is 0 Å². The number of nitrogens with zero attached hydrogens (tertiary/aromatic N) is 4. The third kappa shape index (κ3) is 1.75. The summed E-state index contributed by atoms with van der Waals surface area (Å²) in [5, 5.41) is 0. The fourth-order valence-corrected chi connectivity index (χ4v) is 2.76. The van der Waals surface area contributed by atoms with Crippen LogP contribution in [0.3, 0.4) is 0 Å². The molecule has 0 saturated heterocycles. The van der Waals surface area contributed by atoms with E-state index < -0.39 is 0 Å². The highest BCUT2D eigenvalue weighted by molar-refractivity contribution is 5.78. The lowest BCUT2D eigenvalue weighted by Gasteiger charge is -2.30. The standard InChI is InChI=1S/C15H18N4/c1-4-13-18(3)14-15(17-10-9-16-14)19(13)12-8-6-5-7-11(12)2/h5-10,13H,4H2,1-3H3. The molecule has 1 aliphatic heterocycles. The summed E-state index contributed by atoms with van der Waals surface area (Å²) in [7, 11) is 2.08. The molecule has 1 atom stereocenters. The third-order valence-electron chi connectivity index (χ3n) is 3.71. The number of aromatic nitrogens is 2. The van der Waals surface area contributed by atoms with Gasteiger partial charge in [-0.1, -0.05) is 25.1 Å². The molecule has 3 rings (SSSR count). The van der Waals surface area contributed by atoms with Gasteiger partial charge in [-0.15, -0.1) is 0 Å². The zero-order chi connectivity index (χ0) is 13.4. The third-order valence-corrected chi connectivity index (χ3v) is 3.71. The van der Waals surface area contributed by atoms with Crippen molar-refractivity contribution >= 4 is 17.3 Å². The first-order chi connectivity index (χ1) is 9.24. The van der Waals surface area contributed by atoms with Crippen molar-refractivity contribution in [3.8, 4) is 0 Å². The van der Waals surface area contributed by atoms with Gasteiger partial charge in [0.05, 0.1) is 0 Å². The molecule has 0 N–H and O–H groups in total. The van der Waals surface area contributed by atoms with Gasteiger partial charge in [-0.25, -0.2) is 9.97 Å². The first-order valence-corrected chi connectivity index (χ1v) is 6.62. The quantitative estimate of drug-likeness (QED) is 0.824. The van der Waals surface area contributed by atoms with Gasteiger partial charge in [0.1, 0.15) is 6.17 Å². The van der Waals surface area contributed by atoms with Crippen molar-refractivity contribution in [2.45, 2.75) is 26.4 Å². The van der Waals surface area contributed by atoms with Crippen LogP contribution in [0, 0.1) is 6.92 Å². The first-order valence-electron chi connectivity index (χ1n) is 6.62. The molecule has 0 fully saturated rings. The predicted octanol–water partition coefficient (Wildman–Crippen LogP) is 3.11. The Hall–Kier alpha value is -2.10. The minimum atomic E-state index is 0.276. The molecule has 0 amide bonds. The summed E-state index contributed by atoms with van der Waals surface area (Å²) in [6.45, 7) is 4.33. The van der Waals surface area contributed by atoms with E-state index >= 15 is 0 Å². The van der Waals surface area contributed by atoms with Crippen LogP contribution < -0.4 is 9.80 Å². The van der Waals surface area contributed by atoms with Gasteiger partial charge in [0, 0.05) is 25.1 Å². The van der Waals surface area contributed by atoms with Crippen molar-refractivity contribution in [1.82, 2.24) is 9.97 Å². The van der Waals surface area contributed by atoms with Crippen molar-refractivity contribution in [2.24, 2.45) is 0 Å². The second kappa shape index (κ2) is 4.53. The van der Waals surface area contributed by atoms with Crippen LogP contribution >= 0.6 is 0 Å². The summed E-state index contributed by atoms with van der Waals surface area (Å²) in [4.78, 5) is 13.5. The molecule has 0 spiro atoms. The van der Waals surface area contributed by atoms with Crippen LogP contribution in [0.4, 0.5) is 17.3 Å².